The molecule has 1 aromatic carbocycles. The highest BCUT2D eigenvalue weighted by molar-refractivity contribution is 7.89. The van der Waals surface area contributed by atoms with Crippen LogP contribution in [0, 0.1) is 0 Å². The zero-order valence-corrected chi connectivity index (χ0v) is 16.1. The molecule has 4 rings (SSSR count). The van der Waals surface area contributed by atoms with Gasteiger partial charge in [-0.1, -0.05) is 18.6 Å². The largest absolute Gasteiger partial charge is 0.348 e. The molecule has 3 aromatic rings. The Hall–Kier alpha value is -2.78. The van der Waals surface area contributed by atoms with Gasteiger partial charge in [-0.15, -0.1) is 0 Å². The molecule has 0 spiro atoms. The number of carbonyl (C=O) groups is 1. The molecule has 28 heavy (non-hydrogen) atoms. The van der Waals surface area contributed by atoms with Crippen LogP contribution in [0.4, 0.5) is 0 Å². The van der Waals surface area contributed by atoms with Gasteiger partial charge >= 0.3 is 0 Å². The number of rotatable bonds is 5. The number of amides is 1. The molecule has 0 saturated carbocycles. The third kappa shape index (κ3) is 3.76. The van der Waals surface area contributed by atoms with Gasteiger partial charge in [0.15, 0.2) is 5.65 Å². The maximum atomic E-state index is 12.7. The molecule has 1 aliphatic heterocycles. The molecule has 0 unspecified atom stereocenters. The molecule has 1 amide bonds. The van der Waals surface area contributed by atoms with Crippen LogP contribution in [0.15, 0.2) is 53.8 Å². The summed E-state index contributed by atoms with van der Waals surface area (Å²) in [6.07, 6.45) is 5.93. The highest BCUT2D eigenvalue weighted by atomic mass is 32.2. The highest BCUT2D eigenvalue weighted by Gasteiger charge is 2.25. The summed E-state index contributed by atoms with van der Waals surface area (Å²) in [5.41, 5.74) is 1.97. The Morgan fingerprint density at radius 1 is 1.04 bits per heavy atom. The second kappa shape index (κ2) is 7.69. The summed E-state index contributed by atoms with van der Waals surface area (Å²) in [4.78, 5) is 16.7. The monoisotopic (exact) mass is 399 g/mol. The van der Waals surface area contributed by atoms with Crippen LogP contribution in [0.1, 0.15) is 35.2 Å². The van der Waals surface area contributed by atoms with Crippen molar-refractivity contribution < 1.29 is 13.2 Å². The number of piperidine rings is 1. The van der Waals surface area contributed by atoms with Gasteiger partial charge in [-0.3, -0.25) is 4.79 Å². The lowest BCUT2D eigenvalue weighted by Gasteiger charge is -2.25. The van der Waals surface area contributed by atoms with Crippen molar-refractivity contribution in [1.82, 2.24) is 24.2 Å². The molecular weight excluding hydrogens is 378 g/mol. The Balaban J connectivity index is 1.40. The standard InChI is InChI=1S/C19H21N5O3S/c25-19(16-6-9-18-21-14-22-24(18)13-16)20-12-15-4-7-17(8-5-15)28(26,27)23-10-2-1-3-11-23/h4-9,13-14H,1-3,10-12H2,(H,20,25). The number of aromatic nitrogens is 3. The molecule has 1 fully saturated rings. The Bertz CT molecular complexity index is 1090. The Kier molecular flexibility index (Phi) is 5.10. The van der Waals surface area contributed by atoms with Crippen molar-refractivity contribution >= 4 is 21.6 Å². The summed E-state index contributed by atoms with van der Waals surface area (Å²) < 4.78 is 28.4. The van der Waals surface area contributed by atoms with E-state index in [0.29, 0.717) is 35.7 Å². The topological polar surface area (TPSA) is 96.7 Å². The van der Waals surface area contributed by atoms with Crippen LogP contribution < -0.4 is 5.32 Å². The van der Waals surface area contributed by atoms with E-state index in [0.717, 1.165) is 24.8 Å². The minimum absolute atomic E-state index is 0.234. The Morgan fingerprint density at radius 2 is 1.79 bits per heavy atom. The predicted octanol–water partition coefficient (Wildman–Crippen LogP) is 1.83. The van der Waals surface area contributed by atoms with Gasteiger partial charge in [0, 0.05) is 25.8 Å². The van der Waals surface area contributed by atoms with E-state index in [1.807, 2.05) is 0 Å². The average Bonchev–Trinajstić information content (AvgIpc) is 3.21. The molecule has 2 aromatic heterocycles. The first kappa shape index (κ1) is 18.6. The number of nitrogens with zero attached hydrogens (tertiary/aromatic N) is 4. The van der Waals surface area contributed by atoms with Crippen LogP contribution in [0.3, 0.4) is 0 Å². The fraction of sp³-hybridized carbons (Fsp3) is 0.316. The van der Waals surface area contributed by atoms with Gasteiger partial charge in [0.1, 0.15) is 6.33 Å². The van der Waals surface area contributed by atoms with Crippen molar-refractivity contribution in [3.63, 3.8) is 0 Å². The number of benzene rings is 1. The van der Waals surface area contributed by atoms with Crippen molar-refractivity contribution in [3.05, 3.63) is 60.0 Å². The quantitative estimate of drug-likeness (QED) is 0.706. The highest BCUT2D eigenvalue weighted by Crippen LogP contribution is 2.20. The molecule has 0 atom stereocenters. The molecule has 9 heteroatoms. The van der Waals surface area contributed by atoms with Crippen molar-refractivity contribution in [2.45, 2.75) is 30.7 Å². The van der Waals surface area contributed by atoms with E-state index in [2.05, 4.69) is 15.4 Å². The zero-order valence-electron chi connectivity index (χ0n) is 15.3. The molecule has 1 N–H and O–H groups in total. The lowest BCUT2D eigenvalue weighted by atomic mass is 10.2. The van der Waals surface area contributed by atoms with Crippen LogP contribution >= 0.6 is 0 Å². The third-order valence-electron chi connectivity index (χ3n) is 4.87. The van der Waals surface area contributed by atoms with Gasteiger partial charge in [0.2, 0.25) is 10.0 Å². The van der Waals surface area contributed by atoms with Crippen LogP contribution in [0.2, 0.25) is 0 Å². The Morgan fingerprint density at radius 3 is 2.54 bits per heavy atom. The van der Waals surface area contributed by atoms with E-state index in [-0.39, 0.29) is 5.91 Å². The molecule has 3 heterocycles. The van der Waals surface area contributed by atoms with E-state index in [4.69, 9.17) is 0 Å². The van der Waals surface area contributed by atoms with E-state index in [1.54, 1.807) is 46.9 Å². The van der Waals surface area contributed by atoms with Crippen molar-refractivity contribution in [2.75, 3.05) is 13.1 Å². The number of nitrogens with one attached hydrogen (secondary N) is 1. The van der Waals surface area contributed by atoms with E-state index in [1.165, 1.54) is 10.8 Å². The first-order valence-corrected chi connectivity index (χ1v) is 10.6. The zero-order chi connectivity index (χ0) is 19.6. The maximum Gasteiger partial charge on any atom is 0.253 e. The first-order chi connectivity index (χ1) is 13.5. The summed E-state index contributed by atoms with van der Waals surface area (Å²) in [5, 5.41) is 6.85. The predicted molar refractivity (Wildman–Crippen MR) is 103 cm³/mol. The van der Waals surface area contributed by atoms with Gasteiger partial charge < -0.3 is 5.32 Å². The van der Waals surface area contributed by atoms with Crippen LogP contribution in [-0.2, 0) is 16.6 Å². The average molecular weight is 399 g/mol. The smallest absolute Gasteiger partial charge is 0.253 e. The van der Waals surface area contributed by atoms with E-state index in [9.17, 15) is 13.2 Å². The molecule has 0 bridgehead atoms. The third-order valence-corrected chi connectivity index (χ3v) is 6.78. The van der Waals surface area contributed by atoms with Gasteiger partial charge in [-0.05, 0) is 42.7 Å². The van der Waals surface area contributed by atoms with Crippen molar-refractivity contribution in [1.29, 1.82) is 0 Å². The molecule has 8 nitrogen and oxygen atoms in total. The summed E-state index contributed by atoms with van der Waals surface area (Å²) in [6.45, 7) is 1.46. The lowest BCUT2D eigenvalue weighted by Crippen LogP contribution is -2.35. The van der Waals surface area contributed by atoms with Crippen LogP contribution in [0.25, 0.3) is 5.65 Å². The summed E-state index contributed by atoms with van der Waals surface area (Å²) in [6, 6.07) is 10.1. The summed E-state index contributed by atoms with van der Waals surface area (Å²) in [7, 11) is -3.44. The molecule has 146 valence electrons. The molecule has 0 radical (unpaired) electrons. The van der Waals surface area contributed by atoms with Crippen LogP contribution in [-0.4, -0.2) is 46.3 Å². The molecule has 1 aliphatic rings. The Labute approximate surface area is 163 Å². The van der Waals surface area contributed by atoms with Gasteiger partial charge in [-0.25, -0.2) is 17.9 Å². The van der Waals surface area contributed by atoms with Gasteiger partial charge in [0.05, 0.1) is 10.5 Å². The van der Waals surface area contributed by atoms with Gasteiger partial charge in [-0.2, -0.15) is 9.40 Å². The fourth-order valence-electron chi connectivity index (χ4n) is 3.27. The summed E-state index contributed by atoms with van der Waals surface area (Å²) in [5.74, 6) is -0.234. The van der Waals surface area contributed by atoms with Crippen molar-refractivity contribution in [3.8, 4) is 0 Å². The minimum Gasteiger partial charge on any atom is -0.348 e. The second-order valence-electron chi connectivity index (χ2n) is 6.77. The molecule has 1 saturated heterocycles. The minimum atomic E-state index is -3.44. The van der Waals surface area contributed by atoms with E-state index < -0.39 is 10.0 Å². The lowest BCUT2D eigenvalue weighted by molar-refractivity contribution is 0.0950. The second-order valence-corrected chi connectivity index (χ2v) is 8.71. The fourth-order valence-corrected chi connectivity index (χ4v) is 4.79. The number of pyridine rings is 1. The van der Waals surface area contributed by atoms with Crippen molar-refractivity contribution in [2.24, 2.45) is 0 Å². The SMILES string of the molecule is O=C(NCc1ccc(S(=O)(=O)N2CCCCC2)cc1)c1ccc2ncnn2c1. The number of carbonyl (C=O) groups excluding carboxylic acids is 1. The van der Waals surface area contributed by atoms with Crippen LogP contribution in [0.5, 0.6) is 0 Å². The normalized spacial score (nSPS) is 15.6. The number of sulfonamides is 1. The molecular formula is C19H21N5O3S. The van der Waals surface area contributed by atoms with Gasteiger partial charge in [0.25, 0.3) is 5.91 Å². The first-order valence-electron chi connectivity index (χ1n) is 9.21. The van der Waals surface area contributed by atoms with E-state index >= 15 is 0 Å². The molecule has 0 aliphatic carbocycles. The number of hydrogen-bond acceptors (Lipinski definition) is 5. The number of fused-ring (bicyclic) bond motifs is 1. The maximum absolute atomic E-state index is 12.7. The summed E-state index contributed by atoms with van der Waals surface area (Å²) >= 11 is 0. The number of hydrogen-bond donors (Lipinski definition) is 1.